The highest BCUT2D eigenvalue weighted by atomic mass is 16.5. The van der Waals surface area contributed by atoms with Crippen molar-refractivity contribution in [3.63, 3.8) is 0 Å². The molecule has 3 heteroatoms. The minimum Gasteiger partial charge on any atom is -0.369 e. The largest absolute Gasteiger partial charge is 0.369 e. The molecule has 3 nitrogen and oxygen atoms in total. The zero-order chi connectivity index (χ0) is 12.6. The summed E-state index contributed by atoms with van der Waals surface area (Å²) in [6.45, 7) is 2.86. The van der Waals surface area contributed by atoms with Gasteiger partial charge >= 0.3 is 0 Å². The number of nitrogens with one attached hydrogen (secondary N) is 1. The Bertz CT molecular complexity index is 358. The summed E-state index contributed by atoms with van der Waals surface area (Å²) < 4.78 is 5.46. The summed E-state index contributed by atoms with van der Waals surface area (Å²) in [4.78, 5) is 11.8. The molecule has 0 spiro atoms. The first-order chi connectivity index (χ1) is 8.84. The van der Waals surface area contributed by atoms with E-state index in [9.17, 15) is 4.79 Å². The van der Waals surface area contributed by atoms with Crippen LogP contribution in [0.15, 0.2) is 30.3 Å². The van der Waals surface area contributed by atoms with Gasteiger partial charge in [0, 0.05) is 6.42 Å². The molecule has 1 heterocycles. The molecule has 18 heavy (non-hydrogen) atoms. The number of ether oxygens (including phenoxy) is 1. The van der Waals surface area contributed by atoms with Crippen LogP contribution in [0.4, 0.5) is 0 Å². The smallest absolute Gasteiger partial charge is 0.158 e. The number of rotatable bonds is 6. The van der Waals surface area contributed by atoms with Gasteiger partial charge in [-0.3, -0.25) is 4.79 Å². The highest BCUT2D eigenvalue weighted by molar-refractivity contribution is 5.79. The van der Waals surface area contributed by atoms with E-state index >= 15 is 0 Å². The van der Waals surface area contributed by atoms with Gasteiger partial charge in [-0.25, -0.2) is 0 Å². The van der Waals surface area contributed by atoms with Gasteiger partial charge in [-0.05, 0) is 37.4 Å². The molecule has 1 aromatic rings. The fourth-order valence-electron chi connectivity index (χ4n) is 2.32. The van der Waals surface area contributed by atoms with E-state index in [1.165, 1.54) is 0 Å². The number of benzene rings is 1. The van der Waals surface area contributed by atoms with E-state index in [-0.39, 0.29) is 12.4 Å². The fourth-order valence-corrected chi connectivity index (χ4v) is 2.32. The van der Waals surface area contributed by atoms with Gasteiger partial charge < -0.3 is 10.1 Å². The summed E-state index contributed by atoms with van der Waals surface area (Å²) in [5.74, 6) is 0.789. The molecule has 1 aliphatic heterocycles. The summed E-state index contributed by atoms with van der Waals surface area (Å²) in [6, 6.07) is 9.96. The molecule has 0 atom stereocenters. The molecule has 1 saturated heterocycles. The van der Waals surface area contributed by atoms with Crippen molar-refractivity contribution in [3.05, 3.63) is 35.9 Å². The van der Waals surface area contributed by atoms with Gasteiger partial charge in [0.25, 0.3) is 0 Å². The molecule has 0 aliphatic carbocycles. The van der Waals surface area contributed by atoms with Crippen molar-refractivity contribution in [2.24, 2.45) is 5.92 Å². The summed E-state index contributed by atoms with van der Waals surface area (Å²) in [7, 11) is 0. The zero-order valence-electron chi connectivity index (χ0n) is 10.7. The maximum absolute atomic E-state index is 11.8. The molecule has 0 saturated carbocycles. The van der Waals surface area contributed by atoms with Crippen molar-refractivity contribution < 1.29 is 9.53 Å². The van der Waals surface area contributed by atoms with E-state index in [1.807, 2.05) is 30.3 Å². The molecular formula is C15H21NO2. The van der Waals surface area contributed by atoms with Crippen LogP contribution in [-0.2, 0) is 16.1 Å². The monoisotopic (exact) mass is 247 g/mol. The Balaban J connectivity index is 1.62. The third-order valence-electron chi connectivity index (χ3n) is 3.35. The van der Waals surface area contributed by atoms with E-state index in [4.69, 9.17) is 4.74 Å². The maximum atomic E-state index is 11.8. The number of carbonyl (C=O) groups excluding carboxylic acids is 1. The lowest BCUT2D eigenvalue weighted by molar-refractivity contribution is -0.125. The first-order valence-corrected chi connectivity index (χ1v) is 6.68. The molecule has 1 aliphatic rings. The standard InChI is InChI=1S/C15H21NO2/c17-15(10-13-6-8-16-9-7-13)12-18-11-14-4-2-1-3-5-14/h1-5,13,16H,6-12H2. The van der Waals surface area contributed by atoms with Crippen LogP contribution < -0.4 is 5.32 Å². The van der Waals surface area contributed by atoms with Gasteiger partial charge in [-0.15, -0.1) is 0 Å². The van der Waals surface area contributed by atoms with E-state index in [0.29, 0.717) is 18.9 Å². The maximum Gasteiger partial charge on any atom is 0.158 e. The first kappa shape index (κ1) is 13.2. The summed E-state index contributed by atoms with van der Waals surface area (Å²) in [5, 5.41) is 3.31. The second-order valence-electron chi connectivity index (χ2n) is 4.91. The molecule has 0 unspecified atom stereocenters. The molecule has 1 N–H and O–H groups in total. The van der Waals surface area contributed by atoms with E-state index in [2.05, 4.69) is 5.32 Å². The molecule has 1 aromatic carbocycles. The summed E-state index contributed by atoms with van der Waals surface area (Å²) in [5.41, 5.74) is 1.12. The van der Waals surface area contributed by atoms with Gasteiger partial charge in [-0.1, -0.05) is 30.3 Å². The lowest BCUT2D eigenvalue weighted by Crippen LogP contribution is -2.29. The molecule has 1 fully saturated rings. The van der Waals surface area contributed by atoms with Crippen LogP contribution in [-0.4, -0.2) is 25.5 Å². The van der Waals surface area contributed by atoms with Crippen LogP contribution in [0.1, 0.15) is 24.8 Å². The minimum atomic E-state index is 0.234. The number of carbonyl (C=O) groups is 1. The van der Waals surface area contributed by atoms with Crippen LogP contribution in [0.25, 0.3) is 0 Å². The van der Waals surface area contributed by atoms with Crippen molar-refractivity contribution >= 4 is 5.78 Å². The average Bonchev–Trinajstić information content (AvgIpc) is 2.41. The fraction of sp³-hybridized carbons (Fsp3) is 0.533. The molecule has 0 amide bonds. The second-order valence-corrected chi connectivity index (χ2v) is 4.91. The van der Waals surface area contributed by atoms with Crippen LogP contribution in [0.5, 0.6) is 0 Å². The third kappa shape index (κ3) is 4.59. The van der Waals surface area contributed by atoms with E-state index < -0.39 is 0 Å². The van der Waals surface area contributed by atoms with Gasteiger partial charge in [0.2, 0.25) is 0 Å². The molecule has 0 aromatic heterocycles. The van der Waals surface area contributed by atoms with Crippen molar-refractivity contribution in [3.8, 4) is 0 Å². The number of ketones is 1. The van der Waals surface area contributed by atoms with Crippen LogP contribution in [0.2, 0.25) is 0 Å². The topological polar surface area (TPSA) is 38.3 Å². The van der Waals surface area contributed by atoms with Crippen LogP contribution >= 0.6 is 0 Å². The quantitative estimate of drug-likeness (QED) is 0.837. The van der Waals surface area contributed by atoms with Crippen molar-refractivity contribution in [2.75, 3.05) is 19.7 Å². The van der Waals surface area contributed by atoms with Gasteiger partial charge in [0.15, 0.2) is 5.78 Å². The van der Waals surface area contributed by atoms with Crippen LogP contribution in [0, 0.1) is 5.92 Å². The second kappa shape index (κ2) is 7.29. The lowest BCUT2D eigenvalue weighted by Gasteiger charge is -2.21. The highest BCUT2D eigenvalue weighted by Crippen LogP contribution is 2.16. The molecule has 0 radical (unpaired) electrons. The molecule has 98 valence electrons. The normalized spacial score (nSPS) is 16.7. The summed E-state index contributed by atoms with van der Waals surface area (Å²) >= 11 is 0. The van der Waals surface area contributed by atoms with Gasteiger partial charge in [0.05, 0.1) is 6.61 Å². The first-order valence-electron chi connectivity index (χ1n) is 6.68. The Kier molecular flexibility index (Phi) is 5.36. The Morgan fingerprint density at radius 1 is 1.22 bits per heavy atom. The minimum absolute atomic E-state index is 0.234. The molecule has 0 bridgehead atoms. The van der Waals surface area contributed by atoms with Crippen molar-refractivity contribution in [2.45, 2.75) is 25.9 Å². The number of hydrogen-bond donors (Lipinski definition) is 1. The SMILES string of the molecule is O=C(COCc1ccccc1)CC1CCNCC1. The lowest BCUT2D eigenvalue weighted by atomic mass is 9.93. The number of piperidine rings is 1. The molecule has 2 rings (SSSR count). The predicted molar refractivity (Wildman–Crippen MR) is 71.3 cm³/mol. The molecular weight excluding hydrogens is 226 g/mol. The van der Waals surface area contributed by atoms with E-state index in [0.717, 1.165) is 31.5 Å². The van der Waals surface area contributed by atoms with Crippen molar-refractivity contribution in [1.82, 2.24) is 5.32 Å². The Labute approximate surface area is 109 Å². The Morgan fingerprint density at radius 3 is 2.67 bits per heavy atom. The Hall–Kier alpha value is -1.19. The van der Waals surface area contributed by atoms with Gasteiger partial charge in [-0.2, -0.15) is 0 Å². The van der Waals surface area contributed by atoms with Crippen molar-refractivity contribution in [1.29, 1.82) is 0 Å². The highest BCUT2D eigenvalue weighted by Gasteiger charge is 2.16. The summed E-state index contributed by atoms with van der Waals surface area (Å²) in [6.07, 6.45) is 2.91. The predicted octanol–water partition coefficient (Wildman–Crippen LogP) is 2.16. The van der Waals surface area contributed by atoms with Gasteiger partial charge in [0.1, 0.15) is 6.61 Å². The van der Waals surface area contributed by atoms with Crippen LogP contribution in [0.3, 0.4) is 0 Å². The average molecular weight is 247 g/mol. The number of Topliss-reactive ketones (excluding diaryl/α,β-unsaturated/α-hetero) is 1. The Morgan fingerprint density at radius 2 is 1.94 bits per heavy atom. The van der Waals surface area contributed by atoms with E-state index in [1.54, 1.807) is 0 Å². The zero-order valence-corrected chi connectivity index (χ0v) is 10.7. The third-order valence-corrected chi connectivity index (χ3v) is 3.35. The number of hydrogen-bond acceptors (Lipinski definition) is 3.